The lowest BCUT2D eigenvalue weighted by molar-refractivity contribution is 0.0698. The predicted octanol–water partition coefficient (Wildman–Crippen LogP) is 3.17. The van der Waals surface area contributed by atoms with Gasteiger partial charge in [0.2, 0.25) is 0 Å². The topological polar surface area (TPSA) is 53.4 Å². The van der Waals surface area contributed by atoms with E-state index >= 15 is 0 Å². The van der Waals surface area contributed by atoms with E-state index in [9.17, 15) is 9.90 Å². The van der Waals surface area contributed by atoms with Crippen LogP contribution in [0.1, 0.15) is 30.6 Å². The van der Waals surface area contributed by atoms with Gasteiger partial charge in [-0.2, -0.15) is 0 Å². The number of pyridine rings is 1. The number of hydrogen-bond donors (Lipinski definition) is 1. The van der Waals surface area contributed by atoms with Gasteiger partial charge in [-0.05, 0) is 11.8 Å². The van der Waals surface area contributed by atoms with Crippen molar-refractivity contribution in [2.75, 3.05) is 18.0 Å². The molecule has 3 rings (SSSR count). The van der Waals surface area contributed by atoms with Gasteiger partial charge >= 0.3 is 5.97 Å². The second-order valence-electron chi connectivity index (χ2n) is 6.18. The molecule has 1 saturated heterocycles. The lowest BCUT2D eigenvalue weighted by atomic mass is 9.93. The third-order valence-electron chi connectivity index (χ3n) is 3.98. The van der Waals surface area contributed by atoms with Crippen molar-refractivity contribution in [1.29, 1.82) is 0 Å². The number of hydrogen-bond acceptors (Lipinski definition) is 3. The third-order valence-corrected chi connectivity index (χ3v) is 3.98. The molecule has 0 spiro atoms. The van der Waals surface area contributed by atoms with Gasteiger partial charge < -0.3 is 10.0 Å². The van der Waals surface area contributed by atoms with Crippen LogP contribution in [0.25, 0.3) is 10.8 Å². The molecule has 1 N–H and O–H groups in total. The molecule has 4 nitrogen and oxygen atoms in total. The van der Waals surface area contributed by atoms with Crippen LogP contribution in [0.2, 0.25) is 0 Å². The maximum Gasteiger partial charge on any atom is 0.337 e. The zero-order valence-electron chi connectivity index (χ0n) is 11.8. The number of aromatic carboxylic acids is 1. The van der Waals surface area contributed by atoms with E-state index in [2.05, 4.69) is 23.7 Å². The van der Waals surface area contributed by atoms with Crippen molar-refractivity contribution in [3.8, 4) is 0 Å². The number of nitrogens with zero attached hydrogens (tertiary/aromatic N) is 2. The molecule has 0 bridgehead atoms. The fourth-order valence-electron chi connectivity index (χ4n) is 2.89. The van der Waals surface area contributed by atoms with E-state index in [4.69, 9.17) is 0 Å². The standard InChI is InChI=1S/C16H18N2O2/c1-16(2)7-8-18(10-16)14-12-6-4-3-5-11(12)13(9-17-14)15(19)20/h3-6,9H,7-8,10H2,1-2H3,(H,19,20). The lowest BCUT2D eigenvalue weighted by Gasteiger charge is -2.22. The molecule has 4 heteroatoms. The van der Waals surface area contributed by atoms with Gasteiger partial charge in [0.1, 0.15) is 5.82 Å². The Balaban J connectivity index is 2.14. The van der Waals surface area contributed by atoms with Gasteiger partial charge in [-0.25, -0.2) is 9.78 Å². The highest BCUT2D eigenvalue weighted by atomic mass is 16.4. The smallest absolute Gasteiger partial charge is 0.337 e. The first-order chi connectivity index (χ1) is 9.48. The van der Waals surface area contributed by atoms with Gasteiger partial charge in [-0.3, -0.25) is 0 Å². The summed E-state index contributed by atoms with van der Waals surface area (Å²) in [7, 11) is 0. The van der Waals surface area contributed by atoms with E-state index < -0.39 is 5.97 Å². The molecular formula is C16H18N2O2. The molecule has 2 aromatic rings. The van der Waals surface area contributed by atoms with Gasteiger partial charge in [0.15, 0.2) is 0 Å². The van der Waals surface area contributed by atoms with Crippen LogP contribution in [-0.2, 0) is 0 Å². The van der Waals surface area contributed by atoms with Crippen LogP contribution in [0.4, 0.5) is 5.82 Å². The van der Waals surface area contributed by atoms with Crippen molar-refractivity contribution in [2.24, 2.45) is 5.41 Å². The van der Waals surface area contributed by atoms with E-state index in [0.717, 1.165) is 36.1 Å². The second-order valence-corrected chi connectivity index (χ2v) is 6.18. The number of carboxylic acids is 1. The molecule has 20 heavy (non-hydrogen) atoms. The van der Waals surface area contributed by atoms with Crippen molar-refractivity contribution >= 4 is 22.6 Å². The maximum absolute atomic E-state index is 11.3. The number of rotatable bonds is 2. The Bertz CT molecular complexity index is 679. The molecule has 1 aliphatic heterocycles. The van der Waals surface area contributed by atoms with Gasteiger partial charge in [0.05, 0.1) is 5.56 Å². The fourth-order valence-corrected chi connectivity index (χ4v) is 2.89. The summed E-state index contributed by atoms with van der Waals surface area (Å²) in [6.45, 7) is 6.43. The van der Waals surface area contributed by atoms with E-state index in [1.807, 2.05) is 24.3 Å². The number of anilines is 1. The van der Waals surface area contributed by atoms with E-state index in [0.29, 0.717) is 0 Å². The van der Waals surface area contributed by atoms with Crippen molar-refractivity contribution < 1.29 is 9.90 Å². The Hall–Kier alpha value is -2.10. The van der Waals surface area contributed by atoms with Crippen molar-refractivity contribution in [1.82, 2.24) is 4.98 Å². The molecule has 0 saturated carbocycles. The van der Waals surface area contributed by atoms with Crippen LogP contribution < -0.4 is 4.90 Å². The zero-order chi connectivity index (χ0) is 14.3. The number of aromatic nitrogens is 1. The van der Waals surface area contributed by atoms with Crippen LogP contribution >= 0.6 is 0 Å². The molecule has 1 fully saturated rings. The minimum Gasteiger partial charge on any atom is -0.478 e. The molecule has 1 aliphatic rings. The van der Waals surface area contributed by atoms with Gasteiger partial charge in [0.25, 0.3) is 0 Å². The first-order valence-electron chi connectivity index (χ1n) is 6.84. The molecule has 0 unspecified atom stereocenters. The Kier molecular flexibility index (Phi) is 2.89. The SMILES string of the molecule is CC1(C)CCN(c2ncc(C(=O)O)c3ccccc23)C1. The summed E-state index contributed by atoms with van der Waals surface area (Å²) in [5.41, 5.74) is 0.552. The largest absolute Gasteiger partial charge is 0.478 e. The maximum atomic E-state index is 11.3. The zero-order valence-corrected chi connectivity index (χ0v) is 11.8. The molecule has 2 heterocycles. The second kappa shape index (κ2) is 4.47. The van der Waals surface area contributed by atoms with Crippen LogP contribution in [0.3, 0.4) is 0 Å². The van der Waals surface area contributed by atoms with Crippen LogP contribution in [0, 0.1) is 5.41 Å². The summed E-state index contributed by atoms with van der Waals surface area (Å²) >= 11 is 0. The summed E-state index contributed by atoms with van der Waals surface area (Å²) in [6, 6.07) is 7.60. The molecule has 1 aromatic carbocycles. The number of benzene rings is 1. The van der Waals surface area contributed by atoms with Crippen LogP contribution in [0.15, 0.2) is 30.5 Å². The van der Waals surface area contributed by atoms with E-state index in [1.165, 1.54) is 6.20 Å². The summed E-state index contributed by atoms with van der Waals surface area (Å²) in [5.74, 6) is -0.0295. The van der Waals surface area contributed by atoms with E-state index in [1.54, 1.807) is 0 Å². The molecule has 0 amide bonds. The minimum atomic E-state index is -0.929. The quantitative estimate of drug-likeness (QED) is 0.910. The van der Waals surface area contributed by atoms with Crippen molar-refractivity contribution in [2.45, 2.75) is 20.3 Å². The average molecular weight is 270 g/mol. The molecular weight excluding hydrogens is 252 g/mol. The Morgan fingerprint density at radius 1 is 1.30 bits per heavy atom. The van der Waals surface area contributed by atoms with Gasteiger partial charge in [-0.1, -0.05) is 38.1 Å². The Morgan fingerprint density at radius 2 is 2.00 bits per heavy atom. The highest BCUT2D eigenvalue weighted by Gasteiger charge is 2.31. The van der Waals surface area contributed by atoms with Crippen molar-refractivity contribution in [3.63, 3.8) is 0 Å². The summed E-state index contributed by atoms with van der Waals surface area (Å²) < 4.78 is 0. The summed E-state index contributed by atoms with van der Waals surface area (Å²) in [5, 5.41) is 10.9. The first kappa shape index (κ1) is 12.9. The predicted molar refractivity (Wildman–Crippen MR) is 79.3 cm³/mol. The minimum absolute atomic E-state index is 0.266. The van der Waals surface area contributed by atoms with Crippen molar-refractivity contribution in [3.05, 3.63) is 36.0 Å². The lowest BCUT2D eigenvalue weighted by Crippen LogP contribution is -2.24. The highest BCUT2D eigenvalue weighted by molar-refractivity contribution is 6.06. The molecule has 0 radical (unpaired) electrons. The number of carboxylic acid groups (broad SMARTS) is 1. The summed E-state index contributed by atoms with van der Waals surface area (Å²) in [6.07, 6.45) is 2.61. The normalized spacial score (nSPS) is 17.6. The monoisotopic (exact) mass is 270 g/mol. The number of fused-ring (bicyclic) bond motifs is 1. The van der Waals surface area contributed by atoms with E-state index in [-0.39, 0.29) is 11.0 Å². The van der Waals surface area contributed by atoms with Crippen LogP contribution in [-0.4, -0.2) is 29.1 Å². The third kappa shape index (κ3) is 2.11. The molecule has 104 valence electrons. The average Bonchev–Trinajstić information content (AvgIpc) is 2.77. The highest BCUT2D eigenvalue weighted by Crippen LogP contribution is 2.35. The Morgan fingerprint density at radius 3 is 2.60 bits per heavy atom. The Labute approximate surface area is 118 Å². The summed E-state index contributed by atoms with van der Waals surface area (Å²) in [4.78, 5) is 18.0. The molecule has 0 atom stereocenters. The fraction of sp³-hybridized carbons (Fsp3) is 0.375. The number of carbonyl (C=O) groups is 1. The molecule has 0 aliphatic carbocycles. The van der Waals surface area contributed by atoms with Gasteiger partial charge in [-0.15, -0.1) is 0 Å². The van der Waals surface area contributed by atoms with Gasteiger partial charge in [0, 0.05) is 30.1 Å². The molecule has 1 aromatic heterocycles. The van der Waals surface area contributed by atoms with Crippen LogP contribution in [0.5, 0.6) is 0 Å². The first-order valence-corrected chi connectivity index (χ1v) is 6.84.